The Morgan fingerprint density at radius 3 is 2.37 bits per heavy atom. The van der Waals surface area contributed by atoms with Crippen molar-refractivity contribution in [2.24, 2.45) is 0 Å². The number of hydrogen-bond donors (Lipinski definition) is 3. The minimum atomic E-state index is -0.815. The third kappa shape index (κ3) is 7.47. The number of benzene rings is 1. The molecule has 1 saturated carbocycles. The number of ether oxygens (including phenoxy) is 1. The number of anilines is 1. The van der Waals surface area contributed by atoms with Crippen LogP contribution in [0.25, 0.3) is 0 Å². The molecule has 3 N–H and O–H groups in total. The molecule has 0 bridgehead atoms. The molecule has 1 aromatic carbocycles. The van der Waals surface area contributed by atoms with Gasteiger partial charge in [-0.1, -0.05) is 31.9 Å². The van der Waals surface area contributed by atoms with Crippen molar-refractivity contribution in [2.75, 3.05) is 31.6 Å². The van der Waals surface area contributed by atoms with Gasteiger partial charge in [-0.3, -0.25) is 24.6 Å². The van der Waals surface area contributed by atoms with Gasteiger partial charge in [-0.05, 0) is 38.4 Å². The number of para-hydroxylation sites is 1. The molecule has 0 aliphatic heterocycles. The molecule has 1 fully saturated rings. The molecule has 1 aromatic rings. The lowest BCUT2D eigenvalue weighted by molar-refractivity contribution is -0.122. The molecule has 1 aliphatic carbocycles. The van der Waals surface area contributed by atoms with Gasteiger partial charge in [-0.25, -0.2) is 4.79 Å². The van der Waals surface area contributed by atoms with Crippen LogP contribution in [0.3, 0.4) is 0 Å². The summed E-state index contributed by atoms with van der Waals surface area (Å²) in [5.74, 6) is -1.12. The van der Waals surface area contributed by atoms with E-state index in [4.69, 9.17) is 0 Å². The van der Waals surface area contributed by atoms with Crippen molar-refractivity contribution in [3.05, 3.63) is 29.8 Å². The van der Waals surface area contributed by atoms with Crippen LogP contribution in [0.15, 0.2) is 24.3 Å². The Morgan fingerprint density at radius 2 is 1.70 bits per heavy atom. The zero-order valence-electron chi connectivity index (χ0n) is 17.5. The summed E-state index contributed by atoms with van der Waals surface area (Å²) in [7, 11) is 0. The molecule has 0 atom stereocenters. The van der Waals surface area contributed by atoms with Crippen molar-refractivity contribution in [3.8, 4) is 0 Å². The third-order valence-electron chi connectivity index (χ3n) is 4.83. The molecular formula is C21H30N4O5. The van der Waals surface area contributed by atoms with E-state index in [2.05, 4.69) is 20.7 Å². The largest absolute Gasteiger partial charge is 0.450 e. The minimum absolute atomic E-state index is 0.0642. The topological polar surface area (TPSA) is 117 Å². The van der Waals surface area contributed by atoms with Crippen LogP contribution in [0.1, 0.15) is 49.9 Å². The summed E-state index contributed by atoms with van der Waals surface area (Å²) in [6.45, 7) is 3.82. The summed E-state index contributed by atoms with van der Waals surface area (Å²) in [6, 6.07) is 7.01. The first-order chi connectivity index (χ1) is 14.4. The van der Waals surface area contributed by atoms with Crippen molar-refractivity contribution >= 4 is 29.5 Å². The van der Waals surface area contributed by atoms with Gasteiger partial charge in [-0.15, -0.1) is 0 Å². The molecule has 0 aromatic heterocycles. The zero-order valence-corrected chi connectivity index (χ0v) is 17.5. The molecule has 0 unspecified atom stereocenters. The molecule has 1 aliphatic rings. The van der Waals surface area contributed by atoms with Gasteiger partial charge >= 0.3 is 6.09 Å². The first kappa shape index (κ1) is 23.3. The fraction of sp³-hybridized carbons (Fsp3) is 0.524. The van der Waals surface area contributed by atoms with Crippen LogP contribution in [0.2, 0.25) is 0 Å². The molecule has 4 amide bonds. The van der Waals surface area contributed by atoms with Crippen molar-refractivity contribution in [1.82, 2.24) is 15.5 Å². The highest BCUT2D eigenvalue weighted by Gasteiger charge is 2.21. The van der Waals surface area contributed by atoms with Gasteiger partial charge in [-0.2, -0.15) is 0 Å². The SMILES string of the molecule is CCOC(=O)NC(=O)CN(CC)CC(=O)Nc1ccccc1C(=O)NC1CCCC1. The summed E-state index contributed by atoms with van der Waals surface area (Å²) in [5, 5.41) is 7.87. The Labute approximate surface area is 176 Å². The first-order valence-electron chi connectivity index (χ1n) is 10.3. The van der Waals surface area contributed by atoms with E-state index in [0.717, 1.165) is 25.7 Å². The van der Waals surface area contributed by atoms with Crippen LogP contribution < -0.4 is 16.0 Å². The Morgan fingerprint density at radius 1 is 1.03 bits per heavy atom. The zero-order chi connectivity index (χ0) is 21.9. The van der Waals surface area contributed by atoms with Gasteiger partial charge in [0.25, 0.3) is 5.91 Å². The van der Waals surface area contributed by atoms with Crippen molar-refractivity contribution in [1.29, 1.82) is 0 Å². The molecule has 30 heavy (non-hydrogen) atoms. The highest BCUT2D eigenvalue weighted by molar-refractivity contribution is 6.04. The van der Waals surface area contributed by atoms with E-state index in [9.17, 15) is 19.2 Å². The molecule has 9 heteroatoms. The normalized spacial score (nSPS) is 13.7. The summed E-state index contributed by atoms with van der Waals surface area (Å²) in [4.78, 5) is 49.9. The molecule has 0 radical (unpaired) electrons. The number of alkyl carbamates (subject to hydrolysis) is 1. The third-order valence-corrected chi connectivity index (χ3v) is 4.83. The van der Waals surface area contributed by atoms with E-state index in [1.165, 1.54) is 0 Å². The van der Waals surface area contributed by atoms with Gasteiger partial charge < -0.3 is 15.4 Å². The Bertz CT molecular complexity index is 762. The molecule has 0 spiro atoms. The number of hydrogen-bond acceptors (Lipinski definition) is 6. The maximum atomic E-state index is 12.6. The predicted molar refractivity (Wildman–Crippen MR) is 112 cm³/mol. The summed E-state index contributed by atoms with van der Waals surface area (Å²) >= 11 is 0. The van der Waals surface area contributed by atoms with Gasteiger partial charge in [0.05, 0.1) is 30.9 Å². The van der Waals surface area contributed by atoms with E-state index < -0.39 is 12.0 Å². The van der Waals surface area contributed by atoms with Crippen LogP contribution in [0.5, 0.6) is 0 Å². The number of rotatable bonds is 9. The monoisotopic (exact) mass is 418 g/mol. The predicted octanol–water partition coefficient (Wildman–Crippen LogP) is 1.89. The average Bonchev–Trinajstić information content (AvgIpc) is 3.20. The van der Waals surface area contributed by atoms with Crippen LogP contribution in [0, 0.1) is 0 Å². The Balaban J connectivity index is 1.92. The molecule has 9 nitrogen and oxygen atoms in total. The lowest BCUT2D eigenvalue weighted by Crippen LogP contribution is -2.43. The average molecular weight is 418 g/mol. The molecule has 0 heterocycles. The van der Waals surface area contributed by atoms with Crippen molar-refractivity contribution < 1.29 is 23.9 Å². The van der Waals surface area contributed by atoms with Crippen LogP contribution in [0.4, 0.5) is 10.5 Å². The van der Waals surface area contributed by atoms with E-state index in [-0.39, 0.29) is 37.6 Å². The lowest BCUT2D eigenvalue weighted by Gasteiger charge is -2.20. The summed E-state index contributed by atoms with van der Waals surface area (Å²) in [5.41, 5.74) is 0.825. The van der Waals surface area contributed by atoms with Gasteiger partial charge in [0.1, 0.15) is 0 Å². The number of carbonyl (C=O) groups excluding carboxylic acids is 4. The number of amides is 4. The maximum Gasteiger partial charge on any atom is 0.413 e. The van der Waals surface area contributed by atoms with E-state index >= 15 is 0 Å². The van der Waals surface area contributed by atoms with Crippen LogP contribution in [-0.2, 0) is 14.3 Å². The second-order valence-corrected chi connectivity index (χ2v) is 7.12. The highest BCUT2D eigenvalue weighted by Crippen LogP contribution is 2.20. The fourth-order valence-corrected chi connectivity index (χ4v) is 3.32. The standard InChI is InChI=1S/C21H30N4O5/c1-3-25(14-19(27)24-21(29)30-4-2)13-18(26)23-17-12-8-7-11-16(17)20(28)22-15-9-5-6-10-15/h7-8,11-12,15H,3-6,9-10,13-14H2,1-2H3,(H,22,28)(H,23,26)(H,24,27,29). The molecular weight excluding hydrogens is 388 g/mol. The van der Waals surface area contributed by atoms with E-state index in [1.54, 1.807) is 43.0 Å². The van der Waals surface area contributed by atoms with E-state index in [0.29, 0.717) is 17.8 Å². The quantitative estimate of drug-likeness (QED) is 0.564. The Kier molecular flexibility index (Phi) is 9.27. The minimum Gasteiger partial charge on any atom is -0.450 e. The van der Waals surface area contributed by atoms with Crippen LogP contribution >= 0.6 is 0 Å². The number of nitrogens with one attached hydrogen (secondary N) is 3. The maximum absolute atomic E-state index is 12.6. The van der Waals surface area contributed by atoms with E-state index in [1.807, 2.05) is 0 Å². The first-order valence-corrected chi connectivity index (χ1v) is 10.3. The summed E-state index contributed by atoms with van der Waals surface area (Å²) < 4.78 is 4.66. The number of carbonyl (C=O) groups is 4. The molecule has 2 rings (SSSR count). The lowest BCUT2D eigenvalue weighted by atomic mass is 10.1. The second kappa shape index (κ2) is 11.9. The Hall–Kier alpha value is -2.94. The van der Waals surface area contributed by atoms with Gasteiger partial charge in [0.2, 0.25) is 11.8 Å². The number of nitrogens with zero attached hydrogens (tertiary/aromatic N) is 1. The molecule has 164 valence electrons. The summed E-state index contributed by atoms with van der Waals surface area (Å²) in [6.07, 6.45) is 3.35. The van der Waals surface area contributed by atoms with Crippen molar-refractivity contribution in [3.63, 3.8) is 0 Å². The highest BCUT2D eigenvalue weighted by atomic mass is 16.5. The van der Waals surface area contributed by atoms with Gasteiger partial charge in [0, 0.05) is 6.04 Å². The number of likely N-dealkylation sites (N-methyl/N-ethyl adjacent to an activating group) is 1. The van der Waals surface area contributed by atoms with Gasteiger partial charge in [0.15, 0.2) is 0 Å². The van der Waals surface area contributed by atoms with Crippen LogP contribution in [-0.4, -0.2) is 61.0 Å². The smallest absolute Gasteiger partial charge is 0.413 e. The number of imide groups is 1. The fourth-order valence-electron chi connectivity index (χ4n) is 3.32. The second-order valence-electron chi connectivity index (χ2n) is 7.12. The van der Waals surface area contributed by atoms with Crippen molar-refractivity contribution in [2.45, 2.75) is 45.6 Å². The molecule has 0 saturated heterocycles.